The smallest absolute Gasteiger partial charge is 0.344 e. The van der Waals surface area contributed by atoms with Crippen LogP contribution in [0.2, 0.25) is 0 Å². The average molecular weight is 460 g/mol. The number of aliphatic hydroxyl groups excluding tert-OH is 4. The molecule has 2 aliphatic rings. The fourth-order valence-corrected chi connectivity index (χ4v) is 4.09. The number of hydrogen-bond acceptors (Lipinski definition) is 11. The Labute approximate surface area is 185 Å². The molecule has 0 radical (unpaired) electrons. The Kier molecular flexibility index (Phi) is 5.22. The predicted molar refractivity (Wildman–Crippen MR) is 111 cm³/mol. The van der Waals surface area contributed by atoms with Crippen molar-refractivity contribution in [1.29, 1.82) is 0 Å². The van der Waals surface area contributed by atoms with Gasteiger partial charge in [0.25, 0.3) is 0 Å². The van der Waals surface area contributed by atoms with Crippen LogP contribution in [0.25, 0.3) is 21.7 Å². The molecule has 0 spiro atoms. The third-order valence-electron chi connectivity index (χ3n) is 5.78. The third-order valence-corrected chi connectivity index (χ3v) is 5.78. The summed E-state index contributed by atoms with van der Waals surface area (Å²) in [7, 11) is 0. The van der Waals surface area contributed by atoms with Crippen molar-refractivity contribution in [2.24, 2.45) is 0 Å². The van der Waals surface area contributed by atoms with Crippen LogP contribution in [0.15, 0.2) is 33.5 Å². The SMILES string of the molecule is CC(=O)c1c(O[C@@H]2O[C@H](CO)[C@@H](O)[C@H](O)[C@H]2O)ccc2c1oc(=O)c1cc3c(cc12)OCO3. The summed E-state index contributed by atoms with van der Waals surface area (Å²) in [6.07, 6.45) is -7.61. The molecule has 1 saturated heterocycles. The zero-order valence-electron chi connectivity index (χ0n) is 17.3. The van der Waals surface area contributed by atoms with Crippen LogP contribution in [-0.2, 0) is 4.74 Å². The summed E-state index contributed by atoms with van der Waals surface area (Å²) >= 11 is 0. The molecule has 33 heavy (non-hydrogen) atoms. The molecule has 5 rings (SSSR count). The monoisotopic (exact) mass is 460 g/mol. The van der Waals surface area contributed by atoms with Gasteiger partial charge in [0.1, 0.15) is 35.7 Å². The molecule has 11 nitrogen and oxygen atoms in total. The van der Waals surface area contributed by atoms with Gasteiger partial charge in [0, 0.05) is 10.8 Å². The number of hydrogen-bond donors (Lipinski definition) is 4. The molecule has 0 bridgehead atoms. The second-order valence-electron chi connectivity index (χ2n) is 7.83. The lowest BCUT2D eigenvalue weighted by Crippen LogP contribution is -2.60. The van der Waals surface area contributed by atoms with Crippen molar-refractivity contribution >= 4 is 27.5 Å². The van der Waals surface area contributed by atoms with Crippen molar-refractivity contribution in [3.63, 3.8) is 0 Å². The van der Waals surface area contributed by atoms with E-state index in [9.17, 15) is 30.0 Å². The van der Waals surface area contributed by atoms with Crippen LogP contribution < -0.4 is 19.8 Å². The Balaban J connectivity index is 1.64. The van der Waals surface area contributed by atoms with Crippen molar-refractivity contribution < 1.29 is 48.6 Å². The lowest BCUT2D eigenvalue weighted by atomic mass is 9.99. The summed E-state index contributed by atoms with van der Waals surface area (Å²) in [6, 6.07) is 6.13. The van der Waals surface area contributed by atoms with Crippen LogP contribution >= 0.6 is 0 Å². The van der Waals surface area contributed by atoms with Crippen molar-refractivity contribution in [3.8, 4) is 17.2 Å². The quantitative estimate of drug-likeness (QED) is 0.236. The second kappa shape index (κ2) is 7.97. The highest BCUT2D eigenvalue weighted by Crippen LogP contribution is 2.39. The Morgan fingerprint density at radius 3 is 2.39 bits per heavy atom. The maximum absolute atomic E-state index is 12.7. The van der Waals surface area contributed by atoms with E-state index < -0.39 is 48.7 Å². The van der Waals surface area contributed by atoms with Gasteiger partial charge in [-0.3, -0.25) is 4.79 Å². The van der Waals surface area contributed by atoms with E-state index in [-0.39, 0.29) is 29.1 Å². The molecule has 0 amide bonds. The molecule has 174 valence electrons. The molecule has 2 aliphatic heterocycles. The Hall–Kier alpha value is -3.22. The van der Waals surface area contributed by atoms with Gasteiger partial charge in [0.2, 0.25) is 13.1 Å². The maximum atomic E-state index is 12.7. The van der Waals surface area contributed by atoms with Gasteiger partial charge in [-0.2, -0.15) is 0 Å². The first-order valence-corrected chi connectivity index (χ1v) is 10.1. The van der Waals surface area contributed by atoms with E-state index in [1.165, 1.54) is 19.1 Å². The van der Waals surface area contributed by atoms with Crippen LogP contribution in [0, 0.1) is 0 Å². The molecule has 4 N–H and O–H groups in total. The minimum absolute atomic E-state index is 0.0186. The molecule has 1 aromatic heterocycles. The molecule has 3 heterocycles. The zero-order valence-corrected chi connectivity index (χ0v) is 17.3. The van der Waals surface area contributed by atoms with Crippen molar-refractivity contribution in [3.05, 3.63) is 40.2 Å². The van der Waals surface area contributed by atoms with E-state index in [4.69, 9.17) is 23.4 Å². The van der Waals surface area contributed by atoms with Crippen molar-refractivity contribution in [1.82, 2.24) is 0 Å². The topological polar surface area (TPSA) is 165 Å². The number of fused-ring (bicyclic) bond motifs is 4. The van der Waals surface area contributed by atoms with Gasteiger partial charge in [-0.15, -0.1) is 0 Å². The van der Waals surface area contributed by atoms with Gasteiger partial charge in [0.05, 0.1) is 12.0 Å². The minimum atomic E-state index is -1.68. The fourth-order valence-electron chi connectivity index (χ4n) is 4.09. The van der Waals surface area contributed by atoms with Gasteiger partial charge in [-0.1, -0.05) is 0 Å². The summed E-state index contributed by atoms with van der Waals surface area (Å²) < 4.78 is 27.2. The van der Waals surface area contributed by atoms with Gasteiger partial charge < -0.3 is 43.8 Å². The van der Waals surface area contributed by atoms with Gasteiger partial charge in [-0.25, -0.2) is 4.79 Å². The molecule has 5 atom stereocenters. The van der Waals surface area contributed by atoms with Crippen LogP contribution in [0.5, 0.6) is 17.2 Å². The van der Waals surface area contributed by atoms with Crippen molar-refractivity contribution in [2.45, 2.75) is 37.6 Å². The number of ether oxygens (including phenoxy) is 4. The summed E-state index contributed by atoms with van der Waals surface area (Å²) in [6.45, 7) is 0.628. The van der Waals surface area contributed by atoms with Crippen LogP contribution in [0.1, 0.15) is 17.3 Å². The zero-order chi connectivity index (χ0) is 23.4. The van der Waals surface area contributed by atoms with Gasteiger partial charge in [-0.05, 0) is 31.2 Å². The van der Waals surface area contributed by atoms with Crippen molar-refractivity contribution in [2.75, 3.05) is 13.4 Å². The molecule has 2 aromatic carbocycles. The summed E-state index contributed by atoms with van der Waals surface area (Å²) in [4.78, 5) is 25.3. The highest BCUT2D eigenvalue weighted by atomic mass is 16.7. The maximum Gasteiger partial charge on any atom is 0.344 e. The molecule has 11 heteroatoms. The normalized spacial score (nSPS) is 26.6. The van der Waals surface area contributed by atoms with Gasteiger partial charge >= 0.3 is 5.63 Å². The van der Waals surface area contributed by atoms with Crippen LogP contribution in [-0.4, -0.2) is 70.3 Å². The Morgan fingerprint density at radius 2 is 1.73 bits per heavy atom. The number of carbonyl (C=O) groups is 1. The van der Waals surface area contributed by atoms with E-state index in [0.717, 1.165) is 0 Å². The van der Waals surface area contributed by atoms with Crippen LogP contribution in [0.4, 0.5) is 0 Å². The number of aliphatic hydroxyl groups is 4. The summed E-state index contributed by atoms with van der Waals surface area (Å²) in [5.41, 5.74) is -0.828. The number of Topliss-reactive ketones (excluding diaryl/α,β-unsaturated/α-hetero) is 1. The number of carbonyl (C=O) groups excluding carboxylic acids is 1. The first-order valence-electron chi connectivity index (χ1n) is 10.1. The Bertz CT molecular complexity index is 1310. The lowest BCUT2D eigenvalue weighted by Gasteiger charge is -2.39. The Morgan fingerprint density at radius 1 is 1.03 bits per heavy atom. The first kappa shape index (κ1) is 21.6. The highest BCUT2D eigenvalue weighted by Gasteiger charge is 2.45. The average Bonchev–Trinajstić information content (AvgIpc) is 3.25. The van der Waals surface area contributed by atoms with Crippen LogP contribution in [0.3, 0.4) is 0 Å². The molecule has 3 aromatic rings. The summed E-state index contributed by atoms with van der Waals surface area (Å²) in [5, 5.41) is 40.8. The fraction of sp³-hybridized carbons (Fsp3) is 0.364. The number of ketones is 1. The predicted octanol–water partition coefficient (Wildman–Crippen LogP) is 0.0562. The molecule has 0 unspecified atom stereocenters. The van der Waals surface area contributed by atoms with E-state index in [1.54, 1.807) is 12.1 Å². The van der Waals surface area contributed by atoms with E-state index in [1.807, 2.05) is 0 Å². The number of rotatable bonds is 4. The summed E-state index contributed by atoms with van der Waals surface area (Å²) in [5.74, 6) is 0.273. The second-order valence-corrected chi connectivity index (χ2v) is 7.83. The number of benzene rings is 2. The minimum Gasteiger partial charge on any atom is -0.461 e. The largest absolute Gasteiger partial charge is 0.461 e. The van der Waals surface area contributed by atoms with E-state index in [2.05, 4.69) is 0 Å². The molecule has 1 fully saturated rings. The molecular weight excluding hydrogens is 440 g/mol. The van der Waals surface area contributed by atoms with Gasteiger partial charge in [0.15, 0.2) is 22.9 Å². The molecule has 0 saturated carbocycles. The highest BCUT2D eigenvalue weighted by molar-refractivity contribution is 6.14. The molecule has 0 aliphatic carbocycles. The molecular formula is C22H20O11. The van der Waals surface area contributed by atoms with E-state index in [0.29, 0.717) is 22.3 Å². The first-order chi connectivity index (χ1) is 15.8. The third kappa shape index (κ3) is 3.41. The van der Waals surface area contributed by atoms with E-state index >= 15 is 0 Å². The standard InChI is InChI=1S/C22H20O11/c1-8(24)16-12(31-22-19(27)18(26)17(25)15(6-23)32-22)3-2-9-10-4-13-14(30-7-29-13)5-11(10)21(28)33-20(9)16/h2-5,15,17-19,22-23,25-27H,6-7H2,1H3/t15-,17-,18+,19-,22-/m1/s1. The lowest BCUT2D eigenvalue weighted by molar-refractivity contribution is -0.277.